The van der Waals surface area contributed by atoms with Gasteiger partial charge in [-0.25, -0.2) is 0 Å². The highest BCUT2D eigenvalue weighted by molar-refractivity contribution is 5.92. The van der Waals surface area contributed by atoms with Crippen molar-refractivity contribution in [1.29, 1.82) is 0 Å². The first-order valence-electron chi connectivity index (χ1n) is 5.06. The molecule has 4 nitrogen and oxygen atoms in total. The summed E-state index contributed by atoms with van der Waals surface area (Å²) in [6.07, 6.45) is 3.44. The molecular weight excluding hydrogens is 202 g/mol. The van der Waals surface area contributed by atoms with Crippen molar-refractivity contribution in [2.75, 3.05) is 11.9 Å². The van der Waals surface area contributed by atoms with Crippen LogP contribution in [0.1, 0.15) is 0 Å². The van der Waals surface area contributed by atoms with Gasteiger partial charge in [-0.1, -0.05) is 18.2 Å². The third-order valence-corrected chi connectivity index (χ3v) is 2.37. The Balaban J connectivity index is 2.05. The Hall–Kier alpha value is -2.10. The molecule has 0 atom stereocenters. The number of carbonyl (C=O) groups is 1. The van der Waals surface area contributed by atoms with Gasteiger partial charge < -0.3 is 4.90 Å². The minimum absolute atomic E-state index is 0.00917. The fraction of sp³-hybridized carbons (Fsp3) is 0.167. The van der Waals surface area contributed by atoms with Crippen molar-refractivity contribution >= 4 is 11.6 Å². The second kappa shape index (κ2) is 4.61. The van der Waals surface area contributed by atoms with Crippen LogP contribution >= 0.6 is 0 Å². The smallest absolute Gasteiger partial charge is 0.248 e. The number of nitrogens with zero attached hydrogens (tertiary/aromatic N) is 3. The van der Waals surface area contributed by atoms with Gasteiger partial charge >= 0.3 is 0 Å². The standard InChI is InChI=1S/C12H13N3O/c1-14(11-6-3-2-4-7-11)12(16)10-15-9-5-8-13-15/h2-9H,10H2,1H3. The maximum Gasteiger partial charge on any atom is 0.248 e. The van der Waals surface area contributed by atoms with E-state index in [-0.39, 0.29) is 12.5 Å². The number of hydrogen-bond acceptors (Lipinski definition) is 2. The van der Waals surface area contributed by atoms with Gasteiger partial charge in [0.2, 0.25) is 5.91 Å². The van der Waals surface area contributed by atoms with Crippen molar-refractivity contribution in [3.8, 4) is 0 Å². The monoisotopic (exact) mass is 215 g/mol. The van der Waals surface area contributed by atoms with Crippen LogP contribution in [0.15, 0.2) is 48.8 Å². The van der Waals surface area contributed by atoms with E-state index in [4.69, 9.17) is 0 Å². The van der Waals surface area contributed by atoms with Crippen molar-refractivity contribution in [2.45, 2.75) is 6.54 Å². The molecular formula is C12H13N3O. The maximum atomic E-state index is 11.9. The molecule has 2 rings (SSSR count). The van der Waals surface area contributed by atoms with E-state index in [0.29, 0.717) is 0 Å². The number of anilines is 1. The average molecular weight is 215 g/mol. The van der Waals surface area contributed by atoms with Gasteiger partial charge in [-0.15, -0.1) is 0 Å². The number of hydrogen-bond donors (Lipinski definition) is 0. The third-order valence-electron chi connectivity index (χ3n) is 2.37. The van der Waals surface area contributed by atoms with E-state index in [1.54, 1.807) is 35.1 Å². The second-order valence-electron chi connectivity index (χ2n) is 3.49. The van der Waals surface area contributed by atoms with Crippen molar-refractivity contribution in [1.82, 2.24) is 9.78 Å². The van der Waals surface area contributed by atoms with Crippen molar-refractivity contribution in [3.05, 3.63) is 48.8 Å². The fourth-order valence-corrected chi connectivity index (χ4v) is 1.43. The minimum Gasteiger partial charge on any atom is -0.314 e. The van der Waals surface area contributed by atoms with Crippen molar-refractivity contribution < 1.29 is 4.79 Å². The van der Waals surface area contributed by atoms with Crippen LogP contribution in [0, 0.1) is 0 Å². The van der Waals surface area contributed by atoms with Crippen LogP contribution in [-0.4, -0.2) is 22.7 Å². The van der Waals surface area contributed by atoms with E-state index >= 15 is 0 Å². The molecule has 0 fully saturated rings. The van der Waals surface area contributed by atoms with Gasteiger partial charge in [0.15, 0.2) is 0 Å². The number of carbonyl (C=O) groups excluding carboxylic acids is 1. The topological polar surface area (TPSA) is 38.1 Å². The third kappa shape index (κ3) is 2.28. The summed E-state index contributed by atoms with van der Waals surface area (Å²) >= 11 is 0. The summed E-state index contributed by atoms with van der Waals surface area (Å²) in [4.78, 5) is 13.5. The van der Waals surface area contributed by atoms with Gasteiger partial charge in [0.1, 0.15) is 6.54 Å². The molecule has 0 saturated heterocycles. The molecule has 0 unspecified atom stereocenters. The summed E-state index contributed by atoms with van der Waals surface area (Å²) in [5.74, 6) is 0.00917. The molecule has 0 radical (unpaired) electrons. The molecule has 1 aromatic carbocycles. The zero-order chi connectivity index (χ0) is 11.4. The summed E-state index contributed by atoms with van der Waals surface area (Å²) in [5, 5.41) is 4.00. The Morgan fingerprint density at radius 3 is 2.69 bits per heavy atom. The number of amides is 1. The van der Waals surface area contributed by atoms with Gasteiger partial charge in [0.25, 0.3) is 0 Å². The molecule has 82 valence electrons. The van der Waals surface area contributed by atoms with Crippen LogP contribution in [0.3, 0.4) is 0 Å². The largest absolute Gasteiger partial charge is 0.314 e. The molecule has 0 aliphatic rings. The minimum atomic E-state index is 0.00917. The molecule has 1 aromatic heterocycles. The molecule has 16 heavy (non-hydrogen) atoms. The Labute approximate surface area is 94.1 Å². The first kappa shape index (κ1) is 10.4. The van der Waals surface area contributed by atoms with Gasteiger partial charge in [0, 0.05) is 25.1 Å². The Morgan fingerprint density at radius 2 is 2.06 bits per heavy atom. The summed E-state index contributed by atoms with van der Waals surface area (Å²) in [6, 6.07) is 11.4. The predicted molar refractivity (Wildman–Crippen MR) is 62.1 cm³/mol. The lowest BCUT2D eigenvalue weighted by atomic mass is 10.3. The summed E-state index contributed by atoms with van der Waals surface area (Å²) in [7, 11) is 1.77. The molecule has 0 spiro atoms. The highest BCUT2D eigenvalue weighted by Crippen LogP contribution is 2.11. The predicted octanol–water partition coefficient (Wildman–Crippen LogP) is 1.55. The lowest BCUT2D eigenvalue weighted by Crippen LogP contribution is -2.30. The number of benzene rings is 1. The molecule has 0 saturated carbocycles. The van der Waals surface area contributed by atoms with Crippen molar-refractivity contribution in [2.24, 2.45) is 0 Å². The van der Waals surface area contributed by atoms with Crippen LogP contribution in [0.2, 0.25) is 0 Å². The van der Waals surface area contributed by atoms with Crippen LogP contribution in [0.4, 0.5) is 5.69 Å². The second-order valence-corrected chi connectivity index (χ2v) is 3.49. The molecule has 1 amide bonds. The summed E-state index contributed by atoms with van der Waals surface area (Å²) in [5.41, 5.74) is 0.889. The van der Waals surface area contributed by atoms with E-state index in [1.807, 2.05) is 30.3 Å². The molecule has 4 heteroatoms. The number of rotatable bonds is 3. The van der Waals surface area contributed by atoms with Gasteiger partial charge in [-0.3, -0.25) is 9.48 Å². The first-order valence-corrected chi connectivity index (χ1v) is 5.06. The van der Waals surface area contributed by atoms with Crippen LogP contribution in [0.5, 0.6) is 0 Å². The normalized spacial score (nSPS) is 10.1. The van der Waals surface area contributed by atoms with Gasteiger partial charge in [-0.2, -0.15) is 5.10 Å². The number of para-hydroxylation sites is 1. The molecule has 1 heterocycles. The van der Waals surface area contributed by atoms with Gasteiger partial charge in [-0.05, 0) is 18.2 Å². The van der Waals surface area contributed by atoms with E-state index in [1.165, 1.54) is 0 Å². The van der Waals surface area contributed by atoms with E-state index in [0.717, 1.165) is 5.69 Å². The average Bonchev–Trinajstić information content (AvgIpc) is 2.82. The molecule has 0 aliphatic carbocycles. The zero-order valence-corrected chi connectivity index (χ0v) is 9.08. The summed E-state index contributed by atoms with van der Waals surface area (Å²) < 4.78 is 1.61. The lowest BCUT2D eigenvalue weighted by molar-refractivity contribution is -0.119. The molecule has 0 N–H and O–H groups in total. The zero-order valence-electron chi connectivity index (χ0n) is 9.08. The molecule has 0 aliphatic heterocycles. The van der Waals surface area contributed by atoms with Crippen LogP contribution < -0.4 is 4.90 Å². The fourth-order valence-electron chi connectivity index (χ4n) is 1.43. The molecule has 2 aromatic rings. The SMILES string of the molecule is CN(C(=O)Cn1cccn1)c1ccccc1. The van der Waals surface area contributed by atoms with Crippen LogP contribution in [-0.2, 0) is 11.3 Å². The first-order chi connectivity index (χ1) is 7.77. The summed E-state index contributed by atoms with van der Waals surface area (Å²) in [6.45, 7) is 0.262. The van der Waals surface area contributed by atoms with Crippen LogP contribution in [0.25, 0.3) is 0 Å². The van der Waals surface area contributed by atoms with E-state index in [2.05, 4.69) is 5.10 Å². The van der Waals surface area contributed by atoms with E-state index < -0.39 is 0 Å². The van der Waals surface area contributed by atoms with E-state index in [9.17, 15) is 4.79 Å². The highest BCUT2D eigenvalue weighted by atomic mass is 16.2. The Bertz CT molecular complexity index is 450. The number of aromatic nitrogens is 2. The Morgan fingerprint density at radius 1 is 1.31 bits per heavy atom. The maximum absolute atomic E-state index is 11.9. The quantitative estimate of drug-likeness (QED) is 0.779. The Kier molecular flexibility index (Phi) is 3.00. The lowest BCUT2D eigenvalue weighted by Gasteiger charge is -2.16. The molecule has 0 bridgehead atoms. The number of likely N-dealkylation sites (N-methyl/N-ethyl adjacent to an activating group) is 1. The van der Waals surface area contributed by atoms with Crippen molar-refractivity contribution in [3.63, 3.8) is 0 Å². The highest BCUT2D eigenvalue weighted by Gasteiger charge is 2.10. The van der Waals surface area contributed by atoms with Gasteiger partial charge in [0.05, 0.1) is 0 Å².